The minimum absolute atomic E-state index is 0.198. The number of ether oxygens (including phenoxy) is 1. The molecule has 0 aliphatic rings. The first kappa shape index (κ1) is 28.2. The molecule has 0 saturated heterocycles. The number of anilines is 2. The minimum Gasteiger partial charge on any atom is -0.444 e. The van der Waals surface area contributed by atoms with Crippen LogP contribution in [0.25, 0.3) is 22.3 Å². The van der Waals surface area contributed by atoms with Gasteiger partial charge in [0, 0.05) is 28.6 Å². The quantitative estimate of drug-likeness (QED) is 0.188. The topological polar surface area (TPSA) is 97.4 Å². The fourth-order valence-electron chi connectivity index (χ4n) is 4.12. The van der Waals surface area contributed by atoms with Gasteiger partial charge in [-0.1, -0.05) is 48.5 Å². The van der Waals surface area contributed by atoms with Crippen molar-refractivity contribution in [2.45, 2.75) is 39.7 Å². The molecular formula is C32H30FN3O4. The number of aromatic nitrogens is 1. The van der Waals surface area contributed by atoms with Crippen molar-refractivity contribution in [2.24, 2.45) is 0 Å². The SMILES string of the molecule is Cc1ncccc1-c1cccc(C(=O)CC(=O)Nc2cc(-c3ccccc3F)ccc2NC(=O)OC(C)(C)C)c1. The van der Waals surface area contributed by atoms with Crippen molar-refractivity contribution in [3.8, 4) is 22.3 Å². The van der Waals surface area contributed by atoms with Gasteiger partial charge in [0.2, 0.25) is 5.91 Å². The fourth-order valence-corrected chi connectivity index (χ4v) is 4.12. The summed E-state index contributed by atoms with van der Waals surface area (Å²) >= 11 is 0. The number of amides is 2. The molecule has 1 aromatic heterocycles. The number of nitrogens with one attached hydrogen (secondary N) is 2. The number of ketones is 1. The van der Waals surface area contributed by atoms with Gasteiger partial charge in [0.25, 0.3) is 0 Å². The predicted molar refractivity (Wildman–Crippen MR) is 154 cm³/mol. The Morgan fingerprint density at radius 1 is 0.825 bits per heavy atom. The molecule has 0 unspecified atom stereocenters. The summed E-state index contributed by atoms with van der Waals surface area (Å²) in [6.07, 6.45) is 0.538. The summed E-state index contributed by atoms with van der Waals surface area (Å²) in [5.74, 6) is -1.41. The van der Waals surface area contributed by atoms with Crippen LogP contribution in [0.2, 0.25) is 0 Å². The van der Waals surface area contributed by atoms with E-state index < -0.39 is 29.8 Å². The summed E-state index contributed by atoms with van der Waals surface area (Å²) in [5.41, 5.74) is 3.41. The molecule has 204 valence electrons. The molecule has 7 nitrogen and oxygen atoms in total. The van der Waals surface area contributed by atoms with Crippen LogP contribution >= 0.6 is 0 Å². The third-order valence-electron chi connectivity index (χ3n) is 5.94. The van der Waals surface area contributed by atoms with E-state index in [4.69, 9.17) is 4.74 Å². The first-order valence-corrected chi connectivity index (χ1v) is 12.7. The van der Waals surface area contributed by atoms with Crippen molar-refractivity contribution in [3.63, 3.8) is 0 Å². The van der Waals surface area contributed by atoms with Gasteiger partial charge in [0.15, 0.2) is 5.78 Å². The summed E-state index contributed by atoms with van der Waals surface area (Å²) < 4.78 is 19.8. The average molecular weight is 540 g/mol. The molecule has 0 bridgehead atoms. The van der Waals surface area contributed by atoms with Crippen molar-refractivity contribution in [2.75, 3.05) is 10.6 Å². The van der Waals surface area contributed by atoms with Gasteiger partial charge in [-0.05, 0) is 69.2 Å². The number of hydrogen-bond acceptors (Lipinski definition) is 5. The smallest absolute Gasteiger partial charge is 0.412 e. The number of carbonyl (C=O) groups excluding carboxylic acids is 3. The Kier molecular flexibility index (Phi) is 8.38. The Hall–Kier alpha value is -4.85. The van der Waals surface area contributed by atoms with Crippen molar-refractivity contribution >= 4 is 29.2 Å². The van der Waals surface area contributed by atoms with Crippen LogP contribution in [0, 0.1) is 12.7 Å². The maximum Gasteiger partial charge on any atom is 0.412 e. The Labute approximate surface area is 232 Å². The standard InChI is InChI=1S/C32H30FN3O4/c1-20-24(12-8-16-34-20)21-9-7-10-23(17-21)29(37)19-30(38)35-28-18-22(25-11-5-6-13-26(25)33)14-15-27(28)36-31(39)40-32(2,3)4/h5-18H,19H2,1-4H3,(H,35,38)(H,36,39). The van der Waals surface area contributed by atoms with Gasteiger partial charge >= 0.3 is 6.09 Å². The lowest BCUT2D eigenvalue weighted by Gasteiger charge is -2.21. The highest BCUT2D eigenvalue weighted by Crippen LogP contribution is 2.31. The van der Waals surface area contributed by atoms with E-state index in [9.17, 15) is 18.8 Å². The van der Waals surface area contributed by atoms with Crippen molar-refractivity contribution < 1.29 is 23.5 Å². The molecule has 0 spiro atoms. The Morgan fingerprint density at radius 3 is 2.27 bits per heavy atom. The second-order valence-corrected chi connectivity index (χ2v) is 10.2. The van der Waals surface area contributed by atoms with E-state index in [2.05, 4.69) is 15.6 Å². The van der Waals surface area contributed by atoms with Crippen LogP contribution in [-0.2, 0) is 9.53 Å². The summed E-state index contributed by atoms with van der Waals surface area (Å²) in [6.45, 7) is 7.07. The summed E-state index contributed by atoms with van der Waals surface area (Å²) in [7, 11) is 0. The van der Waals surface area contributed by atoms with E-state index in [1.165, 1.54) is 6.07 Å². The molecule has 0 atom stereocenters. The highest BCUT2D eigenvalue weighted by molar-refractivity contribution is 6.12. The van der Waals surface area contributed by atoms with E-state index >= 15 is 0 Å². The molecule has 0 aliphatic heterocycles. The van der Waals surface area contributed by atoms with Crippen LogP contribution in [0.1, 0.15) is 43.2 Å². The van der Waals surface area contributed by atoms with Crippen LogP contribution in [0.4, 0.5) is 20.6 Å². The molecule has 2 N–H and O–H groups in total. The molecule has 8 heteroatoms. The van der Waals surface area contributed by atoms with Crippen LogP contribution in [-0.4, -0.2) is 28.4 Å². The van der Waals surface area contributed by atoms with Gasteiger partial charge in [0.05, 0.1) is 17.8 Å². The average Bonchev–Trinajstić information content (AvgIpc) is 2.89. The monoisotopic (exact) mass is 539 g/mol. The van der Waals surface area contributed by atoms with Gasteiger partial charge in [-0.3, -0.25) is 19.9 Å². The number of rotatable bonds is 7. The molecule has 0 fully saturated rings. The van der Waals surface area contributed by atoms with Gasteiger partial charge in [-0.15, -0.1) is 0 Å². The highest BCUT2D eigenvalue weighted by Gasteiger charge is 2.20. The van der Waals surface area contributed by atoms with Gasteiger partial charge in [-0.2, -0.15) is 0 Å². The van der Waals surface area contributed by atoms with Crippen LogP contribution in [0.3, 0.4) is 0 Å². The van der Waals surface area contributed by atoms with E-state index in [0.717, 1.165) is 16.8 Å². The number of Topliss-reactive ketones (excluding diaryl/α,β-unsaturated/α-hetero) is 1. The second-order valence-electron chi connectivity index (χ2n) is 10.2. The fraction of sp³-hybridized carbons (Fsp3) is 0.188. The zero-order chi connectivity index (χ0) is 28.9. The number of hydrogen-bond donors (Lipinski definition) is 2. The van der Waals surface area contributed by atoms with Crippen molar-refractivity contribution in [1.29, 1.82) is 0 Å². The largest absolute Gasteiger partial charge is 0.444 e. The zero-order valence-electron chi connectivity index (χ0n) is 22.7. The molecule has 0 aliphatic carbocycles. The maximum atomic E-state index is 14.5. The van der Waals surface area contributed by atoms with Crippen LogP contribution < -0.4 is 10.6 Å². The Morgan fingerprint density at radius 2 is 1.55 bits per heavy atom. The maximum absolute atomic E-state index is 14.5. The van der Waals surface area contributed by atoms with Crippen molar-refractivity contribution in [1.82, 2.24) is 4.98 Å². The first-order valence-electron chi connectivity index (χ1n) is 12.7. The Bertz CT molecular complexity index is 1580. The van der Waals surface area contributed by atoms with Crippen molar-refractivity contribution in [3.05, 3.63) is 102 Å². The van der Waals surface area contributed by atoms with Crippen LogP contribution in [0.5, 0.6) is 0 Å². The molecule has 4 aromatic rings. The number of carbonyl (C=O) groups is 3. The van der Waals surface area contributed by atoms with Gasteiger partial charge < -0.3 is 10.1 Å². The lowest BCUT2D eigenvalue weighted by molar-refractivity contribution is -0.115. The number of aryl methyl sites for hydroxylation is 1. The number of nitrogens with zero attached hydrogens (tertiary/aromatic N) is 1. The molecule has 2 amide bonds. The molecule has 0 saturated carbocycles. The number of benzene rings is 3. The first-order chi connectivity index (χ1) is 19.0. The van der Waals surface area contributed by atoms with E-state index in [1.54, 1.807) is 81.6 Å². The summed E-state index contributed by atoms with van der Waals surface area (Å²) in [6, 6.07) is 21.7. The second kappa shape index (κ2) is 11.9. The highest BCUT2D eigenvalue weighted by atomic mass is 19.1. The molecular weight excluding hydrogens is 509 g/mol. The molecule has 0 radical (unpaired) electrons. The van der Waals surface area contributed by atoms with E-state index in [1.807, 2.05) is 25.1 Å². The molecule has 3 aromatic carbocycles. The predicted octanol–water partition coefficient (Wildman–Crippen LogP) is 7.42. The third kappa shape index (κ3) is 7.17. The zero-order valence-corrected chi connectivity index (χ0v) is 22.7. The minimum atomic E-state index is -0.740. The lowest BCUT2D eigenvalue weighted by atomic mass is 9.99. The summed E-state index contributed by atoms with van der Waals surface area (Å²) in [5, 5.41) is 5.32. The van der Waals surface area contributed by atoms with E-state index in [-0.39, 0.29) is 17.2 Å². The molecule has 1 heterocycles. The third-order valence-corrected chi connectivity index (χ3v) is 5.94. The summed E-state index contributed by atoms with van der Waals surface area (Å²) in [4.78, 5) is 42.8. The Balaban J connectivity index is 1.57. The molecule has 40 heavy (non-hydrogen) atoms. The number of pyridine rings is 1. The normalized spacial score (nSPS) is 11.0. The number of halogens is 1. The van der Waals surface area contributed by atoms with Gasteiger partial charge in [0.1, 0.15) is 11.4 Å². The van der Waals surface area contributed by atoms with Gasteiger partial charge in [-0.25, -0.2) is 9.18 Å². The van der Waals surface area contributed by atoms with Crippen LogP contribution in [0.15, 0.2) is 85.1 Å². The van der Waals surface area contributed by atoms with E-state index in [0.29, 0.717) is 16.7 Å². The lowest BCUT2D eigenvalue weighted by Crippen LogP contribution is -2.27. The molecule has 4 rings (SSSR count).